The Hall–Kier alpha value is -0.0800. The number of aliphatic hydroxyl groups excluding tert-OH is 1. The van der Waals surface area contributed by atoms with E-state index in [2.05, 4.69) is 13.8 Å². The zero-order valence-corrected chi connectivity index (χ0v) is 15.6. The van der Waals surface area contributed by atoms with Gasteiger partial charge in [-0.15, -0.1) is 0 Å². The maximum Gasteiger partial charge on any atom is 0.152 e. The standard InChI is InChI=1S/C20H42O2/c1-4-6-8-10-12-14-16-18-20(22-19(3)21)17-15-13-11-9-7-5-2/h19-21H,4-18H2,1-3H3. The lowest BCUT2D eigenvalue weighted by atomic mass is 10.0. The van der Waals surface area contributed by atoms with Crippen LogP contribution in [0.2, 0.25) is 0 Å². The third-order valence-corrected chi connectivity index (χ3v) is 4.40. The van der Waals surface area contributed by atoms with E-state index in [4.69, 9.17) is 4.74 Å². The van der Waals surface area contributed by atoms with E-state index in [1.165, 1.54) is 83.5 Å². The Balaban J connectivity index is 3.61. The van der Waals surface area contributed by atoms with Gasteiger partial charge in [-0.1, -0.05) is 97.3 Å². The Bertz CT molecular complexity index is 204. The summed E-state index contributed by atoms with van der Waals surface area (Å²) in [6.07, 6.45) is 19.3. The van der Waals surface area contributed by atoms with E-state index in [9.17, 15) is 5.11 Å². The molecule has 2 atom stereocenters. The fraction of sp³-hybridized carbons (Fsp3) is 1.00. The first-order chi connectivity index (χ1) is 10.7. The highest BCUT2D eigenvalue weighted by Crippen LogP contribution is 2.17. The first-order valence-corrected chi connectivity index (χ1v) is 10.0. The molecule has 0 bridgehead atoms. The van der Waals surface area contributed by atoms with Gasteiger partial charge in [0.1, 0.15) is 0 Å². The van der Waals surface area contributed by atoms with Gasteiger partial charge < -0.3 is 9.84 Å². The van der Waals surface area contributed by atoms with Crippen molar-refractivity contribution in [1.29, 1.82) is 0 Å². The summed E-state index contributed by atoms with van der Waals surface area (Å²) in [4.78, 5) is 0. The van der Waals surface area contributed by atoms with E-state index in [0.717, 1.165) is 12.8 Å². The molecule has 0 aliphatic heterocycles. The highest BCUT2D eigenvalue weighted by atomic mass is 16.6. The SMILES string of the molecule is CCCCCCCCCC(CCCCCCCC)OC(C)O. The second kappa shape index (κ2) is 17.3. The predicted octanol–water partition coefficient (Wildman–Crippen LogP) is 6.60. The molecular weight excluding hydrogens is 272 g/mol. The van der Waals surface area contributed by atoms with Crippen molar-refractivity contribution in [1.82, 2.24) is 0 Å². The Morgan fingerprint density at radius 2 is 1.00 bits per heavy atom. The van der Waals surface area contributed by atoms with Crippen LogP contribution in [0.5, 0.6) is 0 Å². The van der Waals surface area contributed by atoms with Crippen molar-refractivity contribution < 1.29 is 9.84 Å². The Labute approximate surface area is 140 Å². The van der Waals surface area contributed by atoms with Crippen LogP contribution in [-0.2, 0) is 4.74 Å². The normalized spacial score (nSPS) is 14.2. The minimum absolute atomic E-state index is 0.266. The predicted molar refractivity (Wildman–Crippen MR) is 97.2 cm³/mol. The van der Waals surface area contributed by atoms with Crippen molar-refractivity contribution >= 4 is 0 Å². The van der Waals surface area contributed by atoms with Crippen LogP contribution in [0.3, 0.4) is 0 Å². The number of aliphatic hydroxyl groups is 1. The summed E-state index contributed by atoms with van der Waals surface area (Å²) in [7, 11) is 0. The maximum absolute atomic E-state index is 9.47. The van der Waals surface area contributed by atoms with Crippen LogP contribution < -0.4 is 0 Å². The lowest BCUT2D eigenvalue weighted by Gasteiger charge is -2.19. The van der Waals surface area contributed by atoms with Crippen molar-refractivity contribution in [3.05, 3.63) is 0 Å². The fourth-order valence-corrected chi connectivity index (χ4v) is 3.04. The first-order valence-electron chi connectivity index (χ1n) is 10.0. The Morgan fingerprint density at radius 1 is 0.636 bits per heavy atom. The number of rotatable bonds is 17. The largest absolute Gasteiger partial charge is 0.368 e. The number of hydrogen-bond donors (Lipinski definition) is 1. The van der Waals surface area contributed by atoms with Gasteiger partial charge in [-0.25, -0.2) is 0 Å². The highest BCUT2D eigenvalue weighted by Gasteiger charge is 2.11. The van der Waals surface area contributed by atoms with Crippen LogP contribution in [0.1, 0.15) is 117 Å². The summed E-state index contributed by atoms with van der Waals surface area (Å²) < 4.78 is 5.68. The molecular formula is C20H42O2. The van der Waals surface area contributed by atoms with Gasteiger partial charge in [-0.05, 0) is 19.8 Å². The molecule has 0 aromatic heterocycles. The second-order valence-electron chi connectivity index (χ2n) is 6.82. The van der Waals surface area contributed by atoms with E-state index in [-0.39, 0.29) is 6.10 Å². The van der Waals surface area contributed by atoms with Gasteiger partial charge in [-0.2, -0.15) is 0 Å². The quantitative estimate of drug-likeness (QED) is 0.242. The van der Waals surface area contributed by atoms with Gasteiger partial charge >= 0.3 is 0 Å². The molecule has 0 rings (SSSR count). The van der Waals surface area contributed by atoms with Crippen LogP contribution in [0.15, 0.2) is 0 Å². The van der Waals surface area contributed by atoms with Crippen molar-refractivity contribution in [2.45, 2.75) is 129 Å². The third-order valence-electron chi connectivity index (χ3n) is 4.40. The van der Waals surface area contributed by atoms with Crippen molar-refractivity contribution in [3.63, 3.8) is 0 Å². The lowest BCUT2D eigenvalue weighted by molar-refractivity contribution is -0.128. The van der Waals surface area contributed by atoms with Crippen molar-refractivity contribution in [3.8, 4) is 0 Å². The molecule has 0 fully saturated rings. The van der Waals surface area contributed by atoms with E-state index in [1.807, 2.05) is 0 Å². The van der Waals surface area contributed by atoms with E-state index in [0.29, 0.717) is 0 Å². The average Bonchev–Trinajstić information content (AvgIpc) is 2.49. The zero-order valence-electron chi connectivity index (χ0n) is 15.6. The van der Waals surface area contributed by atoms with Gasteiger partial charge in [-0.3, -0.25) is 0 Å². The van der Waals surface area contributed by atoms with Gasteiger partial charge in [0.15, 0.2) is 6.29 Å². The Kier molecular flexibility index (Phi) is 17.2. The van der Waals surface area contributed by atoms with Gasteiger partial charge in [0.2, 0.25) is 0 Å². The van der Waals surface area contributed by atoms with Crippen LogP contribution >= 0.6 is 0 Å². The zero-order chi connectivity index (χ0) is 16.5. The van der Waals surface area contributed by atoms with E-state index < -0.39 is 6.29 Å². The molecule has 2 heteroatoms. The second-order valence-corrected chi connectivity index (χ2v) is 6.82. The molecule has 2 unspecified atom stereocenters. The number of unbranched alkanes of at least 4 members (excludes halogenated alkanes) is 11. The molecule has 2 nitrogen and oxygen atoms in total. The summed E-state index contributed by atoms with van der Waals surface area (Å²) in [5.41, 5.74) is 0. The topological polar surface area (TPSA) is 29.5 Å². The number of ether oxygens (including phenoxy) is 1. The molecule has 0 saturated heterocycles. The first kappa shape index (κ1) is 21.9. The smallest absolute Gasteiger partial charge is 0.152 e. The molecule has 0 aromatic rings. The molecule has 0 radical (unpaired) electrons. The molecule has 0 spiro atoms. The van der Waals surface area contributed by atoms with Crippen LogP contribution in [0.4, 0.5) is 0 Å². The van der Waals surface area contributed by atoms with Crippen LogP contribution in [-0.4, -0.2) is 17.5 Å². The van der Waals surface area contributed by atoms with E-state index >= 15 is 0 Å². The molecule has 0 aliphatic rings. The molecule has 134 valence electrons. The van der Waals surface area contributed by atoms with Crippen LogP contribution in [0.25, 0.3) is 0 Å². The Morgan fingerprint density at radius 3 is 1.36 bits per heavy atom. The lowest BCUT2D eigenvalue weighted by Crippen LogP contribution is -2.19. The fourth-order valence-electron chi connectivity index (χ4n) is 3.04. The molecule has 0 aliphatic carbocycles. The molecule has 22 heavy (non-hydrogen) atoms. The van der Waals surface area contributed by atoms with Crippen LogP contribution in [0, 0.1) is 0 Å². The van der Waals surface area contributed by atoms with Gasteiger partial charge in [0.25, 0.3) is 0 Å². The molecule has 0 aromatic carbocycles. The maximum atomic E-state index is 9.47. The summed E-state index contributed by atoms with van der Waals surface area (Å²) >= 11 is 0. The van der Waals surface area contributed by atoms with Crippen molar-refractivity contribution in [2.24, 2.45) is 0 Å². The monoisotopic (exact) mass is 314 g/mol. The van der Waals surface area contributed by atoms with E-state index in [1.54, 1.807) is 6.92 Å². The minimum Gasteiger partial charge on any atom is -0.368 e. The molecule has 0 heterocycles. The number of hydrogen-bond acceptors (Lipinski definition) is 2. The summed E-state index contributed by atoms with van der Waals surface area (Å²) in [5.74, 6) is 0. The summed E-state index contributed by atoms with van der Waals surface area (Å²) in [6.45, 7) is 6.26. The van der Waals surface area contributed by atoms with Gasteiger partial charge in [0.05, 0.1) is 6.10 Å². The minimum atomic E-state index is -0.616. The molecule has 0 amide bonds. The summed E-state index contributed by atoms with van der Waals surface area (Å²) in [6, 6.07) is 0. The average molecular weight is 315 g/mol. The molecule has 0 saturated carbocycles. The summed E-state index contributed by atoms with van der Waals surface area (Å²) in [5, 5.41) is 9.47. The third kappa shape index (κ3) is 16.3. The van der Waals surface area contributed by atoms with Gasteiger partial charge in [0, 0.05) is 0 Å². The molecule has 1 N–H and O–H groups in total. The van der Waals surface area contributed by atoms with Crippen molar-refractivity contribution in [2.75, 3.05) is 0 Å². The highest BCUT2D eigenvalue weighted by molar-refractivity contribution is 4.60.